The number of hydrogen-bond acceptors (Lipinski definition) is 2. The van der Waals surface area contributed by atoms with Gasteiger partial charge in [-0.15, -0.1) is 0 Å². The fraction of sp³-hybridized carbons (Fsp3) is 0. The van der Waals surface area contributed by atoms with E-state index in [0.717, 1.165) is 21.4 Å². The quantitative estimate of drug-likeness (QED) is 0.640. The van der Waals surface area contributed by atoms with Crippen molar-refractivity contribution in [2.75, 3.05) is 0 Å². The minimum atomic E-state index is 0.401. The van der Waals surface area contributed by atoms with Crippen LogP contribution in [0.15, 0.2) is 47.2 Å². The van der Waals surface area contributed by atoms with E-state index in [2.05, 4.69) is 25.9 Å². The van der Waals surface area contributed by atoms with E-state index in [0.29, 0.717) is 5.28 Å². The van der Waals surface area contributed by atoms with Gasteiger partial charge in [-0.05, 0) is 27.5 Å². The summed E-state index contributed by atoms with van der Waals surface area (Å²) in [6.07, 6.45) is 3.53. The molecule has 2 heterocycles. The van der Waals surface area contributed by atoms with E-state index in [-0.39, 0.29) is 0 Å². The van der Waals surface area contributed by atoms with Crippen LogP contribution in [0.2, 0.25) is 5.28 Å². The summed E-state index contributed by atoms with van der Waals surface area (Å²) >= 11 is 9.43. The van der Waals surface area contributed by atoms with E-state index in [1.54, 1.807) is 10.6 Å². The van der Waals surface area contributed by atoms with Crippen molar-refractivity contribution >= 4 is 33.2 Å². The van der Waals surface area contributed by atoms with Crippen LogP contribution < -0.4 is 0 Å². The molecule has 0 spiro atoms. The topological polar surface area (TPSA) is 30.2 Å². The Morgan fingerprint density at radius 3 is 2.65 bits per heavy atom. The van der Waals surface area contributed by atoms with Crippen LogP contribution in [0.25, 0.3) is 16.9 Å². The van der Waals surface area contributed by atoms with E-state index < -0.39 is 0 Å². The summed E-state index contributed by atoms with van der Waals surface area (Å²) in [7, 11) is 0. The highest BCUT2D eigenvalue weighted by molar-refractivity contribution is 9.10. The van der Waals surface area contributed by atoms with Gasteiger partial charge in [0.15, 0.2) is 5.65 Å². The fourth-order valence-electron chi connectivity index (χ4n) is 1.67. The highest BCUT2D eigenvalue weighted by Crippen LogP contribution is 2.24. The minimum Gasteiger partial charge on any atom is -0.273 e. The lowest BCUT2D eigenvalue weighted by molar-refractivity contribution is 1.08. The van der Waals surface area contributed by atoms with Crippen LogP contribution in [0.5, 0.6) is 0 Å². The first-order valence-electron chi connectivity index (χ1n) is 5.00. The molecule has 0 fully saturated rings. The zero-order valence-corrected chi connectivity index (χ0v) is 11.0. The number of aromatic nitrogens is 3. The number of fused-ring (bicyclic) bond motifs is 1. The first-order chi connectivity index (χ1) is 8.25. The minimum absolute atomic E-state index is 0.401. The number of halogens is 2. The molecule has 1 aromatic carbocycles. The summed E-state index contributed by atoms with van der Waals surface area (Å²) in [4.78, 5) is 8.59. The molecule has 2 aromatic heterocycles. The van der Waals surface area contributed by atoms with Gasteiger partial charge in [-0.25, -0.2) is 9.97 Å². The van der Waals surface area contributed by atoms with Crippen molar-refractivity contribution in [2.45, 2.75) is 0 Å². The van der Waals surface area contributed by atoms with Crippen LogP contribution in [0, 0.1) is 0 Å². The second kappa shape index (κ2) is 4.13. The van der Waals surface area contributed by atoms with Gasteiger partial charge in [0.25, 0.3) is 0 Å². The molecular weight excluding hydrogens is 302 g/mol. The van der Waals surface area contributed by atoms with Crippen LogP contribution in [0.4, 0.5) is 0 Å². The van der Waals surface area contributed by atoms with Crippen molar-refractivity contribution < 1.29 is 0 Å². The molecule has 3 aromatic rings. The lowest BCUT2D eigenvalue weighted by Gasteiger charge is -1.96. The van der Waals surface area contributed by atoms with Gasteiger partial charge in [0.2, 0.25) is 5.28 Å². The number of nitrogens with zero attached hydrogens (tertiary/aromatic N) is 3. The van der Waals surface area contributed by atoms with E-state index in [9.17, 15) is 0 Å². The number of benzene rings is 1. The molecule has 3 rings (SSSR count). The second-order valence-corrected chi connectivity index (χ2v) is 4.75. The maximum Gasteiger partial charge on any atom is 0.208 e. The van der Waals surface area contributed by atoms with E-state index in [4.69, 9.17) is 11.6 Å². The Morgan fingerprint density at radius 2 is 1.94 bits per heavy atom. The maximum absolute atomic E-state index is 6.02. The monoisotopic (exact) mass is 307 g/mol. The molecule has 3 nitrogen and oxygen atoms in total. The molecular formula is C12H7BrClN3. The van der Waals surface area contributed by atoms with Crippen molar-refractivity contribution in [3.63, 3.8) is 0 Å². The first-order valence-corrected chi connectivity index (χ1v) is 6.17. The van der Waals surface area contributed by atoms with E-state index >= 15 is 0 Å². The maximum atomic E-state index is 6.02. The molecule has 84 valence electrons. The summed E-state index contributed by atoms with van der Waals surface area (Å²) in [6.45, 7) is 0. The predicted octanol–water partition coefficient (Wildman–Crippen LogP) is 3.81. The van der Waals surface area contributed by atoms with Crippen molar-refractivity contribution in [3.05, 3.63) is 52.5 Å². The largest absolute Gasteiger partial charge is 0.273 e. The zero-order chi connectivity index (χ0) is 11.8. The average molecular weight is 309 g/mol. The summed E-state index contributed by atoms with van der Waals surface area (Å²) in [6, 6.07) is 9.96. The van der Waals surface area contributed by atoms with E-state index in [1.807, 2.05) is 36.5 Å². The lowest BCUT2D eigenvalue weighted by atomic mass is 10.2. The van der Waals surface area contributed by atoms with Gasteiger partial charge in [0.1, 0.15) is 0 Å². The Hall–Kier alpha value is -1.39. The SMILES string of the molecule is Clc1ncc(Br)c2nc(-c3ccccc3)cn12. The molecule has 0 aliphatic rings. The standard InChI is InChI=1S/C12H7BrClN3/c13-9-6-15-12(14)17-7-10(16-11(9)17)8-4-2-1-3-5-8/h1-7H. The highest BCUT2D eigenvalue weighted by atomic mass is 79.9. The average Bonchev–Trinajstić information content (AvgIpc) is 2.81. The third-order valence-corrected chi connectivity index (χ3v) is 3.31. The molecule has 0 radical (unpaired) electrons. The fourth-order valence-corrected chi connectivity index (χ4v) is 2.23. The van der Waals surface area contributed by atoms with Gasteiger partial charge in [0.05, 0.1) is 10.2 Å². The van der Waals surface area contributed by atoms with Crippen LogP contribution in [0.1, 0.15) is 0 Å². The van der Waals surface area contributed by atoms with Gasteiger partial charge >= 0.3 is 0 Å². The molecule has 0 saturated heterocycles. The molecule has 0 aliphatic heterocycles. The predicted molar refractivity (Wildman–Crippen MR) is 71.1 cm³/mol. The molecule has 0 amide bonds. The molecule has 0 aliphatic carbocycles. The normalized spacial score (nSPS) is 10.9. The van der Waals surface area contributed by atoms with Gasteiger partial charge in [-0.3, -0.25) is 4.40 Å². The molecule has 0 atom stereocenters. The Bertz CT molecular complexity index is 640. The first kappa shape index (κ1) is 10.7. The molecule has 17 heavy (non-hydrogen) atoms. The van der Waals surface area contributed by atoms with Crippen LogP contribution in [0.3, 0.4) is 0 Å². The van der Waals surface area contributed by atoms with Crippen molar-refractivity contribution in [3.8, 4) is 11.3 Å². The van der Waals surface area contributed by atoms with Crippen LogP contribution >= 0.6 is 27.5 Å². The Balaban J connectivity index is 2.27. The number of rotatable bonds is 1. The third kappa shape index (κ3) is 1.83. The summed E-state index contributed by atoms with van der Waals surface area (Å²) in [5.41, 5.74) is 2.70. The molecule has 0 bridgehead atoms. The third-order valence-electron chi connectivity index (χ3n) is 2.47. The van der Waals surface area contributed by atoms with Gasteiger partial charge in [0, 0.05) is 18.0 Å². The summed E-state index contributed by atoms with van der Waals surface area (Å²) in [5, 5.41) is 0.401. The van der Waals surface area contributed by atoms with Crippen LogP contribution in [-0.2, 0) is 0 Å². The summed E-state index contributed by atoms with van der Waals surface area (Å²) in [5.74, 6) is 0. The molecule has 0 N–H and O–H groups in total. The van der Waals surface area contributed by atoms with E-state index in [1.165, 1.54) is 0 Å². The number of imidazole rings is 1. The zero-order valence-electron chi connectivity index (χ0n) is 8.64. The van der Waals surface area contributed by atoms with Gasteiger partial charge in [-0.2, -0.15) is 0 Å². The van der Waals surface area contributed by atoms with Crippen molar-refractivity contribution in [1.82, 2.24) is 14.4 Å². The Morgan fingerprint density at radius 1 is 1.18 bits per heavy atom. The van der Waals surface area contributed by atoms with Gasteiger partial charge in [-0.1, -0.05) is 30.3 Å². The van der Waals surface area contributed by atoms with Crippen LogP contribution in [-0.4, -0.2) is 14.4 Å². The number of hydrogen-bond donors (Lipinski definition) is 0. The van der Waals surface area contributed by atoms with Crippen molar-refractivity contribution in [2.24, 2.45) is 0 Å². The lowest BCUT2D eigenvalue weighted by Crippen LogP contribution is -1.89. The molecule has 5 heteroatoms. The smallest absolute Gasteiger partial charge is 0.208 e. The second-order valence-electron chi connectivity index (χ2n) is 3.56. The Labute approximate surface area is 111 Å². The van der Waals surface area contributed by atoms with Crippen molar-refractivity contribution in [1.29, 1.82) is 0 Å². The molecule has 0 unspecified atom stereocenters. The Kier molecular flexibility index (Phi) is 2.61. The highest BCUT2D eigenvalue weighted by Gasteiger charge is 2.09. The summed E-state index contributed by atoms with van der Waals surface area (Å²) < 4.78 is 2.58. The van der Waals surface area contributed by atoms with Gasteiger partial charge < -0.3 is 0 Å². The molecule has 0 saturated carbocycles.